The van der Waals surface area contributed by atoms with Crippen molar-refractivity contribution in [3.8, 4) is 11.5 Å². The highest BCUT2D eigenvalue weighted by molar-refractivity contribution is 6.29. The standard InChI is InChI=1S/C16H20ClN3O2/c1-11(2)20-10-14(22-13-3-6-18-15(17)9-13)16(19-20)12-4-7-21-8-5-12/h3,6,9-12H,4-5,7-8H2,1-2H3. The minimum Gasteiger partial charge on any atom is -0.454 e. The van der Waals surface area contributed by atoms with Crippen molar-refractivity contribution < 1.29 is 9.47 Å². The Morgan fingerprint density at radius 3 is 2.82 bits per heavy atom. The summed E-state index contributed by atoms with van der Waals surface area (Å²) in [6, 6.07) is 3.80. The topological polar surface area (TPSA) is 49.2 Å². The van der Waals surface area contributed by atoms with Crippen LogP contribution in [-0.4, -0.2) is 28.0 Å². The van der Waals surface area contributed by atoms with Gasteiger partial charge in [-0.05, 0) is 32.8 Å². The quantitative estimate of drug-likeness (QED) is 0.792. The third kappa shape index (κ3) is 3.42. The van der Waals surface area contributed by atoms with E-state index in [-0.39, 0.29) is 6.04 Å². The molecule has 5 nitrogen and oxygen atoms in total. The largest absolute Gasteiger partial charge is 0.454 e. The van der Waals surface area contributed by atoms with Crippen LogP contribution in [0.3, 0.4) is 0 Å². The number of hydrogen-bond donors (Lipinski definition) is 0. The third-order valence-electron chi connectivity index (χ3n) is 3.79. The van der Waals surface area contributed by atoms with Crippen LogP contribution < -0.4 is 4.74 Å². The summed E-state index contributed by atoms with van der Waals surface area (Å²) in [4.78, 5) is 3.98. The highest BCUT2D eigenvalue weighted by Gasteiger charge is 2.24. The molecular weight excluding hydrogens is 302 g/mol. The van der Waals surface area contributed by atoms with Crippen LogP contribution in [0.2, 0.25) is 5.15 Å². The predicted octanol–water partition coefficient (Wildman–Crippen LogP) is 4.20. The molecule has 0 aliphatic carbocycles. The van der Waals surface area contributed by atoms with Crippen LogP contribution in [0.4, 0.5) is 0 Å². The van der Waals surface area contributed by atoms with E-state index >= 15 is 0 Å². The summed E-state index contributed by atoms with van der Waals surface area (Å²) in [5, 5.41) is 5.16. The molecule has 0 unspecified atom stereocenters. The van der Waals surface area contributed by atoms with Crippen LogP contribution in [0.15, 0.2) is 24.5 Å². The summed E-state index contributed by atoms with van der Waals surface area (Å²) in [7, 11) is 0. The maximum absolute atomic E-state index is 6.03. The van der Waals surface area contributed by atoms with Gasteiger partial charge in [-0.1, -0.05) is 11.6 Å². The van der Waals surface area contributed by atoms with Crippen LogP contribution in [-0.2, 0) is 4.74 Å². The summed E-state index contributed by atoms with van der Waals surface area (Å²) in [5.74, 6) is 1.85. The Balaban J connectivity index is 1.90. The Bertz CT molecular complexity index is 636. The Morgan fingerprint density at radius 2 is 2.14 bits per heavy atom. The number of aromatic nitrogens is 3. The molecule has 0 radical (unpaired) electrons. The third-order valence-corrected chi connectivity index (χ3v) is 3.99. The molecule has 0 N–H and O–H groups in total. The number of nitrogens with zero attached hydrogens (tertiary/aromatic N) is 3. The minimum atomic E-state index is 0.289. The van der Waals surface area contributed by atoms with Gasteiger partial charge in [-0.3, -0.25) is 4.68 Å². The lowest BCUT2D eigenvalue weighted by Gasteiger charge is -2.21. The van der Waals surface area contributed by atoms with Gasteiger partial charge in [-0.15, -0.1) is 0 Å². The first-order chi connectivity index (χ1) is 10.6. The molecule has 1 aliphatic rings. The second-order valence-corrected chi connectivity index (χ2v) is 6.14. The molecule has 6 heteroatoms. The van der Waals surface area contributed by atoms with E-state index in [9.17, 15) is 0 Å². The lowest BCUT2D eigenvalue weighted by molar-refractivity contribution is 0.0839. The van der Waals surface area contributed by atoms with Crippen LogP contribution >= 0.6 is 11.6 Å². The van der Waals surface area contributed by atoms with Crippen molar-refractivity contribution in [1.29, 1.82) is 0 Å². The smallest absolute Gasteiger partial charge is 0.168 e. The molecule has 0 atom stereocenters. The van der Waals surface area contributed by atoms with Gasteiger partial charge in [0.15, 0.2) is 5.75 Å². The zero-order chi connectivity index (χ0) is 15.5. The van der Waals surface area contributed by atoms with Crippen molar-refractivity contribution in [3.05, 3.63) is 35.4 Å². The SMILES string of the molecule is CC(C)n1cc(Oc2ccnc(Cl)c2)c(C2CCOCC2)n1. The summed E-state index contributed by atoms with van der Waals surface area (Å²) in [6.07, 6.45) is 5.55. The number of ether oxygens (including phenoxy) is 2. The molecule has 2 aromatic rings. The van der Waals surface area contributed by atoms with Gasteiger partial charge in [0.25, 0.3) is 0 Å². The van der Waals surface area contributed by atoms with E-state index in [4.69, 9.17) is 26.2 Å². The van der Waals surface area contributed by atoms with E-state index < -0.39 is 0 Å². The molecule has 0 spiro atoms. The fourth-order valence-corrected chi connectivity index (χ4v) is 2.72. The van der Waals surface area contributed by atoms with E-state index in [0.29, 0.717) is 16.8 Å². The van der Waals surface area contributed by atoms with Crippen molar-refractivity contribution >= 4 is 11.6 Å². The predicted molar refractivity (Wildman–Crippen MR) is 84.7 cm³/mol. The van der Waals surface area contributed by atoms with E-state index in [1.165, 1.54) is 0 Å². The number of pyridine rings is 1. The second kappa shape index (κ2) is 6.67. The minimum absolute atomic E-state index is 0.289. The van der Waals surface area contributed by atoms with Crippen molar-refractivity contribution in [2.45, 2.75) is 38.6 Å². The second-order valence-electron chi connectivity index (χ2n) is 5.76. The van der Waals surface area contributed by atoms with E-state index in [2.05, 4.69) is 18.8 Å². The van der Waals surface area contributed by atoms with Crippen LogP contribution in [0.25, 0.3) is 0 Å². The van der Waals surface area contributed by atoms with Gasteiger partial charge < -0.3 is 9.47 Å². The fraction of sp³-hybridized carbons (Fsp3) is 0.500. The summed E-state index contributed by atoms with van der Waals surface area (Å²) >= 11 is 5.93. The van der Waals surface area contributed by atoms with Crippen LogP contribution in [0.5, 0.6) is 11.5 Å². The van der Waals surface area contributed by atoms with Crippen LogP contribution in [0.1, 0.15) is 44.3 Å². The molecule has 1 fully saturated rings. The van der Waals surface area contributed by atoms with Crippen molar-refractivity contribution in [2.75, 3.05) is 13.2 Å². The fourth-order valence-electron chi connectivity index (χ4n) is 2.56. The van der Waals surface area contributed by atoms with Crippen molar-refractivity contribution in [2.24, 2.45) is 0 Å². The summed E-state index contributed by atoms with van der Waals surface area (Å²) < 4.78 is 13.4. The Labute approximate surface area is 135 Å². The zero-order valence-corrected chi connectivity index (χ0v) is 13.6. The van der Waals surface area contributed by atoms with Crippen molar-refractivity contribution in [3.63, 3.8) is 0 Å². The van der Waals surface area contributed by atoms with E-state index in [1.54, 1.807) is 18.3 Å². The van der Waals surface area contributed by atoms with Gasteiger partial charge in [-0.25, -0.2) is 4.98 Å². The number of hydrogen-bond acceptors (Lipinski definition) is 4. The van der Waals surface area contributed by atoms with Gasteiger partial charge in [0.05, 0.1) is 6.20 Å². The van der Waals surface area contributed by atoms with E-state index in [0.717, 1.165) is 37.5 Å². The average molecular weight is 322 g/mol. The molecule has 0 aromatic carbocycles. The van der Waals surface area contributed by atoms with E-state index in [1.807, 2.05) is 10.9 Å². The Hall–Kier alpha value is -1.59. The first kappa shape index (κ1) is 15.3. The molecule has 118 valence electrons. The normalized spacial score (nSPS) is 16.2. The molecular formula is C16H20ClN3O2. The maximum Gasteiger partial charge on any atom is 0.168 e. The first-order valence-corrected chi connectivity index (χ1v) is 7.97. The highest BCUT2D eigenvalue weighted by atomic mass is 35.5. The molecule has 3 heterocycles. The molecule has 2 aromatic heterocycles. The van der Waals surface area contributed by atoms with Crippen LogP contribution in [0, 0.1) is 0 Å². The molecule has 3 rings (SSSR count). The molecule has 0 saturated carbocycles. The lowest BCUT2D eigenvalue weighted by atomic mass is 9.96. The summed E-state index contributed by atoms with van der Waals surface area (Å²) in [6.45, 7) is 5.77. The first-order valence-electron chi connectivity index (χ1n) is 7.59. The van der Waals surface area contributed by atoms with Crippen molar-refractivity contribution in [1.82, 2.24) is 14.8 Å². The molecule has 0 amide bonds. The monoisotopic (exact) mass is 321 g/mol. The zero-order valence-electron chi connectivity index (χ0n) is 12.8. The highest BCUT2D eigenvalue weighted by Crippen LogP contribution is 2.35. The maximum atomic E-state index is 6.03. The summed E-state index contributed by atoms with van der Waals surface area (Å²) in [5.41, 5.74) is 1.00. The lowest BCUT2D eigenvalue weighted by Crippen LogP contribution is -2.15. The van der Waals surface area contributed by atoms with Gasteiger partial charge in [-0.2, -0.15) is 5.10 Å². The molecule has 22 heavy (non-hydrogen) atoms. The number of rotatable bonds is 4. The Morgan fingerprint density at radius 1 is 1.36 bits per heavy atom. The van der Waals surface area contributed by atoms with Gasteiger partial charge in [0.1, 0.15) is 16.6 Å². The van der Waals surface area contributed by atoms with Gasteiger partial charge in [0.2, 0.25) is 0 Å². The molecule has 0 bridgehead atoms. The number of halogens is 1. The van der Waals surface area contributed by atoms with Gasteiger partial charge in [0, 0.05) is 37.4 Å². The van der Waals surface area contributed by atoms with Gasteiger partial charge >= 0.3 is 0 Å². The Kier molecular flexibility index (Phi) is 4.64. The molecule has 1 aliphatic heterocycles. The average Bonchev–Trinajstić information content (AvgIpc) is 2.92. The molecule has 1 saturated heterocycles.